The maximum atomic E-state index is 9.07. The van der Waals surface area contributed by atoms with E-state index >= 15 is 0 Å². The van der Waals surface area contributed by atoms with Gasteiger partial charge in [0.05, 0.1) is 11.0 Å². The molecule has 0 amide bonds. The Morgan fingerprint density at radius 3 is 2.77 bits per heavy atom. The molecule has 0 fully saturated rings. The highest BCUT2D eigenvalue weighted by molar-refractivity contribution is 7.13. The number of fused-ring (bicyclic) bond motifs is 1. The second kappa shape index (κ2) is 14.2. The van der Waals surface area contributed by atoms with Crippen LogP contribution in [0.4, 0.5) is 5.82 Å². The molecule has 3 N–H and O–H groups in total. The van der Waals surface area contributed by atoms with Gasteiger partial charge in [-0.05, 0) is 72.8 Å². The lowest BCUT2D eigenvalue weighted by Crippen LogP contribution is -2.21. The van der Waals surface area contributed by atoms with E-state index in [1.165, 1.54) is 27.2 Å². The van der Waals surface area contributed by atoms with E-state index in [9.17, 15) is 0 Å². The Balaban J connectivity index is 1.96. The molecule has 0 unspecified atom stereocenters. The third-order valence-corrected chi connectivity index (χ3v) is 5.59. The minimum atomic E-state index is 0.810. The molecular formula is C26H33N3OS. The lowest BCUT2D eigenvalue weighted by Gasteiger charge is -2.14. The highest BCUT2D eigenvalue weighted by Gasteiger charge is 2.07. The minimum absolute atomic E-state index is 0.810. The molecule has 0 aliphatic heterocycles. The van der Waals surface area contributed by atoms with Gasteiger partial charge in [-0.25, -0.2) is 0 Å². The van der Waals surface area contributed by atoms with Crippen LogP contribution in [0.25, 0.3) is 10.1 Å². The summed E-state index contributed by atoms with van der Waals surface area (Å²) in [5, 5.41) is 17.3. The van der Waals surface area contributed by atoms with Crippen LogP contribution in [0.2, 0.25) is 0 Å². The van der Waals surface area contributed by atoms with Crippen molar-refractivity contribution in [1.29, 1.82) is 0 Å². The molecule has 2 aromatic rings. The first-order valence-electron chi connectivity index (χ1n) is 10.7. The zero-order chi connectivity index (χ0) is 22.3. The summed E-state index contributed by atoms with van der Waals surface area (Å²) in [6, 6.07) is 8.30. The van der Waals surface area contributed by atoms with E-state index in [0.717, 1.165) is 55.7 Å². The van der Waals surface area contributed by atoms with Gasteiger partial charge in [0.25, 0.3) is 0 Å². The summed E-state index contributed by atoms with van der Waals surface area (Å²) in [4.78, 5) is 0. The Kier molecular flexibility index (Phi) is 11.1. The first kappa shape index (κ1) is 24.4. The predicted molar refractivity (Wildman–Crippen MR) is 137 cm³/mol. The van der Waals surface area contributed by atoms with Crippen molar-refractivity contribution in [3.8, 4) is 0 Å². The van der Waals surface area contributed by atoms with E-state index < -0.39 is 0 Å². The number of aliphatic hydroxyl groups excluding tert-OH is 1. The van der Waals surface area contributed by atoms with Crippen LogP contribution >= 0.6 is 11.5 Å². The summed E-state index contributed by atoms with van der Waals surface area (Å²) in [7, 11) is 0. The van der Waals surface area contributed by atoms with E-state index in [1.807, 2.05) is 37.3 Å². The summed E-state index contributed by atoms with van der Waals surface area (Å²) >= 11 is 1.53. The number of benzene rings is 1. The van der Waals surface area contributed by atoms with Crippen LogP contribution in [-0.2, 0) is 0 Å². The largest absolute Gasteiger partial charge is 0.516 e. The number of nitrogens with one attached hydrogen (secondary N) is 2. The monoisotopic (exact) mass is 435 g/mol. The molecule has 0 bridgehead atoms. The molecule has 0 spiro atoms. The predicted octanol–water partition coefficient (Wildman–Crippen LogP) is 6.71. The summed E-state index contributed by atoms with van der Waals surface area (Å²) in [5.74, 6) is 0.977. The molecular weight excluding hydrogens is 402 g/mol. The van der Waals surface area contributed by atoms with Gasteiger partial charge in [-0.15, -0.1) is 0 Å². The SMILES string of the molecule is C=C\C=C/C(=C(\CC)CNCCCNc1nsc2ccccc12)C(/C=C\C)=C/C=C/O. The summed E-state index contributed by atoms with van der Waals surface area (Å²) in [6.45, 7) is 10.6. The molecule has 5 heteroatoms. The number of anilines is 1. The number of aromatic nitrogens is 1. The molecule has 1 aromatic carbocycles. The van der Waals surface area contributed by atoms with Crippen molar-refractivity contribution in [1.82, 2.24) is 9.69 Å². The van der Waals surface area contributed by atoms with Gasteiger partial charge in [0.2, 0.25) is 0 Å². The summed E-state index contributed by atoms with van der Waals surface area (Å²) < 4.78 is 5.73. The van der Waals surface area contributed by atoms with Crippen molar-refractivity contribution in [2.45, 2.75) is 26.7 Å². The summed E-state index contributed by atoms with van der Waals surface area (Å²) in [5.41, 5.74) is 3.52. The molecule has 0 atom stereocenters. The lowest BCUT2D eigenvalue weighted by atomic mass is 9.96. The second-order valence-corrected chi connectivity index (χ2v) is 7.72. The van der Waals surface area contributed by atoms with Gasteiger partial charge in [0, 0.05) is 18.5 Å². The van der Waals surface area contributed by atoms with Gasteiger partial charge < -0.3 is 15.7 Å². The molecule has 164 valence electrons. The number of allylic oxidation sites excluding steroid dienone is 9. The highest BCUT2D eigenvalue weighted by Crippen LogP contribution is 2.26. The van der Waals surface area contributed by atoms with Crippen molar-refractivity contribution < 1.29 is 5.11 Å². The molecule has 0 aliphatic rings. The maximum Gasteiger partial charge on any atom is 0.147 e. The van der Waals surface area contributed by atoms with Crippen LogP contribution in [-0.4, -0.2) is 29.1 Å². The molecule has 0 saturated heterocycles. The molecule has 0 aliphatic carbocycles. The van der Waals surface area contributed by atoms with Crippen molar-refractivity contribution in [2.24, 2.45) is 0 Å². The Morgan fingerprint density at radius 2 is 2.03 bits per heavy atom. The van der Waals surface area contributed by atoms with Crippen LogP contribution in [0.1, 0.15) is 26.7 Å². The fourth-order valence-electron chi connectivity index (χ4n) is 3.23. The first-order valence-corrected chi connectivity index (χ1v) is 11.5. The van der Waals surface area contributed by atoms with Crippen LogP contribution in [0, 0.1) is 0 Å². The summed E-state index contributed by atoms with van der Waals surface area (Å²) in [6.07, 6.45) is 16.4. The first-order chi connectivity index (χ1) is 15.2. The maximum absolute atomic E-state index is 9.07. The van der Waals surface area contributed by atoms with Crippen molar-refractivity contribution in [2.75, 3.05) is 25.0 Å². The van der Waals surface area contributed by atoms with Crippen LogP contribution in [0.3, 0.4) is 0 Å². The standard InChI is InChI=1S/C26H33N3OS/c1-4-7-14-23(22(12-5-2)13-10-19-30)21(6-3)20-27-17-11-18-28-26-24-15-8-9-16-25(24)31-29-26/h4-5,7-10,12-16,19,27,30H,1,6,11,17-18,20H2,2-3H3,(H,28,29)/b12-5-,14-7-,19-10+,22-13+,23-21-. The third-order valence-electron chi connectivity index (χ3n) is 4.76. The number of hydrogen-bond acceptors (Lipinski definition) is 5. The highest BCUT2D eigenvalue weighted by atomic mass is 32.1. The van der Waals surface area contributed by atoms with Crippen LogP contribution in [0.15, 0.2) is 96.4 Å². The van der Waals surface area contributed by atoms with E-state index in [2.05, 4.69) is 52.8 Å². The van der Waals surface area contributed by atoms with Crippen molar-refractivity contribution in [3.05, 3.63) is 96.4 Å². The molecule has 1 heterocycles. The fraction of sp³-hybridized carbons (Fsp3) is 0.269. The third kappa shape index (κ3) is 7.70. The molecule has 1 aromatic heterocycles. The van der Waals surface area contributed by atoms with Gasteiger partial charge in [-0.2, -0.15) is 4.37 Å². The fourth-order valence-corrected chi connectivity index (χ4v) is 3.98. The van der Waals surface area contributed by atoms with E-state index in [-0.39, 0.29) is 0 Å². The van der Waals surface area contributed by atoms with E-state index in [0.29, 0.717) is 0 Å². The van der Waals surface area contributed by atoms with Gasteiger partial charge in [-0.3, -0.25) is 0 Å². The van der Waals surface area contributed by atoms with Crippen LogP contribution in [0.5, 0.6) is 0 Å². The number of rotatable bonds is 13. The second-order valence-electron chi connectivity index (χ2n) is 6.91. The Labute approximate surface area is 190 Å². The molecule has 0 saturated carbocycles. The molecule has 0 radical (unpaired) electrons. The smallest absolute Gasteiger partial charge is 0.147 e. The zero-order valence-electron chi connectivity index (χ0n) is 18.5. The van der Waals surface area contributed by atoms with Gasteiger partial charge >= 0.3 is 0 Å². The average molecular weight is 436 g/mol. The van der Waals surface area contributed by atoms with Crippen molar-refractivity contribution >= 4 is 27.4 Å². The zero-order valence-corrected chi connectivity index (χ0v) is 19.3. The van der Waals surface area contributed by atoms with Gasteiger partial charge in [-0.1, -0.05) is 62.1 Å². The van der Waals surface area contributed by atoms with E-state index in [1.54, 1.807) is 12.2 Å². The molecule has 4 nitrogen and oxygen atoms in total. The topological polar surface area (TPSA) is 57.2 Å². The number of aliphatic hydroxyl groups is 1. The van der Waals surface area contributed by atoms with Crippen LogP contribution < -0.4 is 10.6 Å². The average Bonchev–Trinajstić information content (AvgIpc) is 3.21. The molecule has 31 heavy (non-hydrogen) atoms. The van der Waals surface area contributed by atoms with Gasteiger partial charge in [0.15, 0.2) is 0 Å². The minimum Gasteiger partial charge on any atom is -0.516 e. The Morgan fingerprint density at radius 1 is 1.19 bits per heavy atom. The van der Waals surface area contributed by atoms with Gasteiger partial charge in [0.1, 0.15) is 5.82 Å². The number of nitrogens with zero attached hydrogens (tertiary/aromatic N) is 1. The Hall–Kier alpha value is -2.89. The quantitative estimate of drug-likeness (QED) is 0.186. The number of hydrogen-bond donors (Lipinski definition) is 3. The normalized spacial score (nSPS) is 13.5. The van der Waals surface area contributed by atoms with Crippen molar-refractivity contribution in [3.63, 3.8) is 0 Å². The Bertz CT molecular complexity index is 979. The molecule has 2 rings (SSSR count). The van der Waals surface area contributed by atoms with E-state index in [4.69, 9.17) is 5.11 Å². The lowest BCUT2D eigenvalue weighted by molar-refractivity contribution is 0.473.